The van der Waals surface area contributed by atoms with Crippen molar-refractivity contribution in [1.29, 1.82) is 0 Å². The lowest BCUT2D eigenvalue weighted by molar-refractivity contribution is -0.139. The number of anilines is 1. The largest absolute Gasteiger partial charge is 0.480 e. The molecule has 21 heavy (non-hydrogen) atoms. The Morgan fingerprint density at radius 1 is 1.43 bits per heavy atom. The van der Waals surface area contributed by atoms with Crippen LogP contribution < -0.4 is 11.1 Å². The number of nitrogens with two attached hydrogens (primary N) is 1. The Kier molecular flexibility index (Phi) is 6.71. The van der Waals surface area contributed by atoms with E-state index in [0.717, 1.165) is 8.95 Å². The van der Waals surface area contributed by atoms with Crippen molar-refractivity contribution < 1.29 is 14.7 Å². The van der Waals surface area contributed by atoms with E-state index in [2.05, 4.69) is 37.2 Å². The highest BCUT2D eigenvalue weighted by molar-refractivity contribution is 9.11. The monoisotopic (exact) mass is 438 g/mol. The number of carboxylic acid groups (broad SMARTS) is 1. The standard InChI is InChI=1S/C13H16Br2N2O3S/c1-13(2,11(16)12(19)20)21-6-10(18)17-9-4-3-7(14)5-8(9)15/h3-5,11H,6,16H2,1-2H3,(H,17,18)(H,19,20)/t11-/m1/s1. The molecule has 1 aromatic carbocycles. The summed E-state index contributed by atoms with van der Waals surface area (Å²) in [5, 5.41) is 11.7. The van der Waals surface area contributed by atoms with Crippen molar-refractivity contribution in [2.24, 2.45) is 5.73 Å². The number of thioether (sulfide) groups is 1. The Morgan fingerprint density at radius 3 is 2.57 bits per heavy atom. The van der Waals surface area contributed by atoms with E-state index in [0.29, 0.717) is 5.69 Å². The number of nitrogens with one attached hydrogen (secondary N) is 1. The average molecular weight is 440 g/mol. The van der Waals surface area contributed by atoms with Crippen LogP contribution in [0.4, 0.5) is 5.69 Å². The zero-order chi connectivity index (χ0) is 16.2. The van der Waals surface area contributed by atoms with Gasteiger partial charge in [0.25, 0.3) is 0 Å². The zero-order valence-electron chi connectivity index (χ0n) is 11.5. The van der Waals surface area contributed by atoms with Gasteiger partial charge in [-0.2, -0.15) is 0 Å². The van der Waals surface area contributed by atoms with Crippen LogP contribution in [0.5, 0.6) is 0 Å². The predicted octanol–water partition coefficient (Wildman–Crippen LogP) is 3.07. The van der Waals surface area contributed by atoms with E-state index in [-0.39, 0.29) is 11.7 Å². The van der Waals surface area contributed by atoms with Gasteiger partial charge in [-0.15, -0.1) is 11.8 Å². The van der Waals surface area contributed by atoms with Crippen molar-refractivity contribution in [2.75, 3.05) is 11.1 Å². The van der Waals surface area contributed by atoms with Crippen LogP contribution in [0, 0.1) is 0 Å². The third kappa shape index (κ3) is 5.61. The molecule has 1 rings (SSSR count). The van der Waals surface area contributed by atoms with E-state index in [9.17, 15) is 9.59 Å². The van der Waals surface area contributed by atoms with Gasteiger partial charge in [0.05, 0.1) is 11.4 Å². The Bertz CT molecular complexity index is 552. The molecule has 1 amide bonds. The van der Waals surface area contributed by atoms with Gasteiger partial charge in [-0.3, -0.25) is 9.59 Å². The molecule has 0 radical (unpaired) electrons. The fourth-order valence-electron chi connectivity index (χ4n) is 1.42. The molecule has 4 N–H and O–H groups in total. The van der Waals surface area contributed by atoms with E-state index in [1.807, 2.05) is 12.1 Å². The maximum absolute atomic E-state index is 11.9. The van der Waals surface area contributed by atoms with Crippen molar-refractivity contribution in [3.8, 4) is 0 Å². The minimum Gasteiger partial charge on any atom is -0.480 e. The molecule has 0 aliphatic carbocycles. The molecule has 0 bridgehead atoms. The molecule has 0 spiro atoms. The lowest BCUT2D eigenvalue weighted by Gasteiger charge is -2.27. The number of benzene rings is 1. The molecule has 0 saturated carbocycles. The van der Waals surface area contributed by atoms with Crippen LogP contribution >= 0.6 is 43.6 Å². The SMILES string of the molecule is CC(C)(SCC(=O)Nc1ccc(Br)cc1Br)[C@H](N)C(=O)O. The van der Waals surface area contributed by atoms with Gasteiger partial charge in [-0.05, 0) is 48.0 Å². The summed E-state index contributed by atoms with van der Waals surface area (Å²) in [7, 11) is 0. The lowest BCUT2D eigenvalue weighted by Crippen LogP contribution is -2.47. The topological polar surface area (TPSA) is 92.4 Å². The van der Waals surface area contributed by atoms with Crippen molar-refractivity contribution >= 4 is 61.2 Å². The molecule has 0 heterocycles. The van der Waals surface area contributed by atoms with Gasteiger partial charge in [0, 0.05) is 13.7 Å². The van der Waals surface area contributed by atoms with Crippen LogP contribution in [0.1, 0.15) is 13.8 Å². The number of carboxylic acids is 1. The summed E-state index contributed by atoms with van der Waals surface area (Å²) in [6, 6.07) is 4.38. The molecule has 8 heteroatoms. The van der Waals surface area contributed by atoms with Gasteiger partial charge < -0.3 is 16.2 Å². The first-order valence-electron chi connectivity index (χ1n) is 6.00. The smallest absolute Gasteiger partial charge is 0.321 e. The van der Waals surface area contributed by atoms with Crippen LogP contribution in [0.15, 0.2) is 27.1 Å². The normalized spacial score (nSPS) is 12.8. The summed E-state index contributed by atoms with van der Waals surface area (Å²) in [5.74, 6) is -1.17. The van der Waals surface area contributed by atoms with Gasteiger partial charge in [0.1, 0.15) is 6.04 Å². The summed E-state index contributed by atoms with van der Waals surface area (Å²) in [4.78, 5) is 22.8. The average Bonchev–Trinajstić information content (AvgIpc) is 2.39. The van der Waals surface area contributed by atoms with Gasteiger partial charge in [0.15, 0.2) is 0 Å². The number of hydrogen-bond acceptors (Lipinski definition) is 4. The van der Waals surface area contributed by atoms with E-state index in [1.54, 1.807) is 19.9 Å². The first-order chi connectivity index (χ1) is 9.63. The minimum absolute atomic E-state index is 0.122. The van der Waals surface area contributed by atoms with Crippen LogP contribution in [-0.4, -0.2) is 33.5 Å². The number of aliphatic carboxylic acids is 1. The number of carbonyl (C=O) groups is 2. The molecule has 0 fully saturated rings. The first-order valence-corrected chi connectivity index (χ1v) is 8.58. The number of halogens is 2. The van der Waals surface area contributed by atoms with Gasteiger partial charge >= 0.3 is 5.97 Å². The van der Waals surface area contributed by atoms with Crippen molar-refractivity contribution in [2.45, 2.75) is 24.6 Å². The summed E-state index contributed by atoms with van der Waals surface area (Å²) >= 11 is 7.90. The second-order valence-electron chi connectivity index (χ2n) is 4.88. The van der Waals surface area contributed by atoms with Crippen molar-refractivity contribution in [1.82, 2.24) is 0 Å². The molecule has 0 aliphatic rings. The number of rotatable bonds is 6. The maximum atomic E-state index is 11.9. The highest BCUT2D eigenvalue weighted by Gasteiger charge is 2.33. The van der Waals surface area contributed by atoms with Gasteiger partial charge in [0.2, 0.25) is 5.91 Å². The van der Waals surface area contributed by atoms with Crippen LogP contribution in [0.3, 0.4) is 0 Å². The van der Waals surface area contributed by atoms with Gasteiger partial charge in [-0.1, -0.05) is 15.9 Å². The third-order valence-electron chi connectivity index (χ3n) is 2.80. The summed E-state index contributed by atoms with van der Waals surface area (Å²) < 4.78 is 0.923. The molecule has 1 atom stereocenters. The van der Waals surface area contributed by atoms with Crippen LogP contribution in [-0.2, 0) is 9.59 Å². The fraction of sp³-hybridized carbons (Fsp3) is 0.385. The van der Waals surface area contributed by atoms with Crippen LogP contribution in [0.25, 0.3) is 0 Å². The maximum Gasteiger partial charge on any atom is 0.321 e. The quantitative estimate of drug-likeness (QED) is 0.633. The van der Waals surface area contributed by atoms with E-state index in [4.69, 9.17) is 10.8 Å². The molecule has 1 aromatic rings. The fourth-order valence-corrected chi connectivity index (χ4v) is 3.42. The zero-order valence-corrected chi connectivity index (χ0v) is 15.5. The predicted molar refractivity (Wildman–Crippen MR) is 92.6 cm³/mol. The molecule has 0 saturated heterocycles. The molecule has 116 valence electrons. The van der Waals surface area contributed by atoms with E-state index < -0.39 is 16.8 Å². The molecule has 5 nitrogen and oxygen atoms in total. The highest BCUT2D eigenvalue weighted by Crippen LogP contribution is 2.29. The van der Waals surface area contributed by atoms with Crippen molar-refractivity contribution in [3.63, 3.8) is 0 Å². The second kappa shape index (κ2) is 7.62. The summed E-state index contributed by atoms with van der Waals surface area (Å²) in [6.45, 7) is 3.42. The van der Waals surface area contributed by atoms with Crippen LogP contribution in [0.2, 0.25) is 0 Å². The Morgan fingerprint density at radius 2 is 2.05 bits per heavy atom. The lowest BCUT2D eigenvalue weighted by atomic mass is 10.1. The van der Waals surface area contributed by atoms with Gasteiger partial charge in [-0.25, -0.2) is 0 Å². The van der Waals surface area contributed by atoms with E-state index >= 15 is 0 Å². The summed E-state index contributed by atoms with van der Waals surface area (Å²) in [6.07, 6.45) is 0. The Hall–Kier alpha value is -0.570. The number of amides is 1. The Labute approximate surface area is 144 Å². The highest BCUT2D eigenvalue weighted by atomic mass is 79.9. The van der Waals surface area contributed by atoms with Crippen molar-refractivity contribution in [3.05, 3.63) is 27.1 Å². The number of hydrogen-bond donors (Lipinski definition) is 3. The molecular formula is C13H16Br2N2O3S. The summed E-state index contributed by atoms with van der Waals surface area (Å²) in [5.41, 5.74) is 6.27. The first kappa shape index (κ1) is 18.5. The molecular weight excluding hydrogens is 424 g/mol. The van der Waals surface area contributed by atoms with E-state index in [1.165, 1.54) is 11.8 Å². The number of carbonyl (C=O) groups excluding carboxylic acids is 1. The molecule has 0 aliphatic heterocycles. The molecule has 0 aromatic heterocycles. The minimum atomic E-state index is -1.08. The Balaban J connectivity index is 2.60. The second-order valence-corrected chi connectivity index (χ2v) is 8.28. The third-order valence-corrected chi connectivity index (χ3v) is 5.35. The molecule has 0 unspecified atom stereocenters.